The van der Waals surface area contributed by atoms with E-state index in [1.54, 1.807) is 24.4 Å². The molecule has 1 aliphatic rings. The normalized spacial score (nSPS) is 16.8. The molecule has 1 saturated carbocycles. The molecule has 0 spiro atoms. The van der Waals surface area contributed by atoms with Gasteiger partial charge in [-0.2, -0.15) is 0 Å². The number of carboxylic acid groups (broad SMARTS) is 1. The molecule has 2 N–H and O–H groups in total. The largest absolute Gasteiger partial charge is 0.480 e. The number of hydrogen-bond acceptors (Lipinski definition) is 3. The summed E-state index contributed by atoms with van der Waals surface area (Å²) in [5.41, 5.74) is 0.0654. The van der Waals surface area contributed by atoms with E-state index in [1.165, 1.54) is 0 Å². The first-order valence-electron chi connectivity index (χ1n) is 7.02. The zero-order valence-corrected chi connectivity index (χ0v) is 11.5. The van der Waals surface area contributed by atoms with Gasteiger partial charge in [-0.25, -0.2) is 4.79 Å². The number of rotatable bonds is 3. The van der Waals surface area contributed by atoms with Crippen molar-refractivity contribution in [3.63, 3.8) is 0 Å². The van der Waals surface area contributed by atoms with Gasteiger partial charge in [0, 0.05) is 17.1 Å². The van der Waals surface area contributed by atoms with Gasteiger partial charge in [-0.1, -0.05) is 25.0 Å². The van der Waals surface area contributed by atoms with Gasteiger partial charge >= 0.3 is 5.97 Å². The van der Waals surface area contributed by atoms with Gasteiger partial charge in [0.2, 0.25) is 0 Å². The predicted octanol–water partition coefficient (Wildman–Crippen LogP) is 2.36. The van der Waals surface area contributed by atoms with Crippen LogP contribution in [0.25, 0.3) is 10.9 Å². The molecule has 1 fully saturated rings. The van der Waals surface area contributed by atoms with Crippen LogP contribution in [-0.4, -0.2) is 27.5 Å². The van der Waals surface area contributed by atoms with E-state index in [9.17, 15) is 14.7 Å². The number of hydrogen-bond donors (Lipinski definition) is 2. The maximum atomic E-state index is 12.5. The minimum atomic E-state index is -1.12. The lowest BCUT2D eigenvalue weighted by Crippen LogP contribution is -2.52. The maximum absolute atomic E-state index is 12.5. The molecule has 1 heterocycles. The van der Waals surface area contributed by atoms with Gasteiger partial charge < -0.3 is 10.4 Å². The van der Waals surface area contributed by atoms with Crippen molar-refractivity contribution in [2.45, 2.75) is 31.2 Å². The molecule has 1 aromatic heterocycles. The van der Waals surface area contributed by atoms with Crippen LogP contribution in [0, 0.1) is 0 Å². The second-order valence-electron chi connectivity index (χ2n) is 5.42. The van der Waals surface area contributed by atoms with Crippen LogP contribution in [-0.2, 0) is 4.79 Å². The molecule has 5 nitrogen and oxygen atoms in total. The summed E-state index contributed by atoms with van der Waals surface area (Å²) in [5.74, 6) is -1.30. The second-order valence-corrected chi connectivity index (χ2v) is 5.42. The van der Waals surface area contributed by atoms with Gasteiger partial charge in [-0.05, 0) is 31.0 Å². The molecule has 0 atom stereocenters. The summed E-state index contributed by atoms with van der Waals surface area (Å²) in [6, 6.07) is 8.87. The van der Waals surface area contributed by atoms with E-state index in [-0.39, 0.29) is 5.91 Å². The average Bonchev–Trinajstić information content (AvgIpc) is 2.96. The summed E-state index contributed by atoms with van der Waals surface area (Å²) < 4.78 is 0. The fourth-order valence-corrected chi connectivity index (χ4v) is 2.96. The Morgan fingerprint density at radius 1 is 1.14 bits per heavy atom. The fourth-order valence-electron chi connectivity index (χ4n) is 2.96. The van der Waals surface area contributed by atoms with E-state index in [2.05, 4.69) is 10.3 Å². The van der Waals surface area contributed by atoms with Gasteiger partial charge in [0.1, 0.15) is 5.54 Å². The van der Waals surface area contributed by atoms with Crippen LogP contribution >= 0.6 is 0 Å². The number of pyridine rings is 1. The van der Waals surface area contributed by atoms with Crippen LogP contribution in [0.15, 0.2) is 36.5 Å². The van der Waals surface area contributed by atoms with Gasteiger partial charge in [0.05, 0.1) is 5.52 Å². The first-order valence-corrected chi connectivity index (χ1v) is 7.02. The van der Waals surface area contributed by atoms with E-state index in [4.69, 9.17) is 0 Å². The number of nitrogens with zero attached hydrogens (tertiary/aromatic N) is 1. The second kappa shape index (κ2) is 5.16. The molecule has 0 radical (unpaired) electrons. The van der Waals surface area contributed by atoms with Crippen LogP contribution in [0.3, 0.4) is 0 Å². The minimum absolute atomic E-state index is 0.349. The molecular weight excluding hydrogens is 268 g/mol. The van der Waals surface area contributed by atoms with E-state index in [1.807, 2.05) is 12.1 Å². The molecule has 108 valence electrons. The van der Waals surface area contributed by atoms with Crippen LogP contribution in [0.2, 0.25) is 0 Å². The highest BCUT2D eigenvalue weighted by molar-refractivity contribution is 6.07. The van der Waals surface area contributed by atoms with Crippen LogP contribution in [0.5, 0.6) is 0 Å². The third-order valence-corrected chi connectivity index (χ3v) is 4.11. The van der Waals surface area contributed by atoms with Gasteiger partial charge in [-0.15, -0.1) is 0 Å². The Labute approximate surface area is 122 Å². The van der Waals surface area contributed by atoms with Gasteiger partial charge in [0.25, 0.3) is 5.91 Å². The number of amides is 1. The third kappa shape index (κ3) is 2.35. The Bertz CT molecular complexity index is 700. The lowest BCUT2D eigenvalue weighted by atomic mass is 9.96. The van der Waals surface area contributed by atoms with Crippen molar-refractivity contribution in [1.29, 1.82) is 0 Å². The van der Waals surface area contributed by atoms with Crippen molar-refractivity contribution in [2.24, 2.45) is 0 Å². The molecule has 1 aliphatic carbocycles. The van der Waals surface area contributed by atoms with E-state index in [0.29, 0.717) is 18.4 Å². The topological polar surface area (TPSA) is 79.3 Å². The number of carbonyl (C=O) groups excluding carboxylic acids is 1. The van der Waals surface area contributed by atoms with Crippen molar-refractivity contribution in [1.82, 2.24) is 10.3 Å². The molecule has 0 aliphatic heterocycles. The first-order chi connectivity index (χ1) is 10.1. The molecule has 1 aromatic carbocycles. The number of aromatic nitrogens is 1. The predicted molar refractivity (Wildman–Crippen MR) is 78.0 cm³/mol. The smallest absolute Gasteiger partial charge is 0.329 e. The fraction of sp³-hybridized carbons (Fsp3) is 0.312. The summed E-state index contributed by atoms with van der Waals surface area (Å²) in [6.07, 6.45) is 4.28. The highest BCUT2D eigenvalue weighted by atomic mass is 16.4. The van der Waals surface area contributed by atoms with Crippen LogP contribution in [0.4, 0.5) is 0 Å². The molecule has 0 unspecified atom stereocenters. The number of fused-ring (bicyclic) bond motifs is 1. The average molecular weight is 284 g/mol. The van der Waals surface area contributed by atoms with Crippen molar-refractivity contribution < 1.29 is 14.7 Å². The number of aliphatic carboxylic acids is 1. The van der Waals surface area contributed by atoms with Gasteiger partial charge in [0.15, 0.2) is 0 Å². The lowest BCUT2D eigenvalue weighted by Gasteiger charge is -2.25. The molecule has 5 heteroatoms. The maximum Gasteiger partial charge on any atom is 0.329 e. The van der Waals surface area contributed by atoms with Crippen molar-refractivity contribution >= 4 is 22.8 Å². The Balaban J connectivity index is 1.96. The van der Waals surface area contributed by atoms with Crippen molar-refractivity contribution in [3.05, 3.63) is 42.1 Å². The lowest BCUT2D eigenvalue weighted by molar-refractivity contribution is -0.144. The summed E-state index contributed by atoms with van der Waals surface area (Å²) >= 11 is 0. The molecule has 21 heavy (non-hydrogen) atoms. The van der Waals surface area contributed by atoms with Crippen LogP contribution < -0.4 is 5.32 Å². The molecular formula is C16H16N2O3. The zero-order chi connectivity index (χ0) is 14.9. The number of nitrogens with one attached hydrogen (secondary N) is 1. The standard InChI is InChI=1S/C16H16N2O3/c19-14(18-16(15(20)21)8-1-2-9-16)12-5-3-7-13-11(12)6-4-10-17-13/h3-7,10H,1-2,8-9H2,(H,18,19)(H,20,21). The molecule has 0 bridgehead atoms. The Kier molecular flexibility index (Phi) is 3.33. The number of benzene rings is 1. The van der Waals surface area contributed by atoms with E-state index >= 15 is 0 Å². The Hall–Kier alpha value is -2.43. The monoisotopic (exact) mass is 284 g/mol. The first kappa shape index (κ1) is 13.5. The quantitative estimate of drug-likeness (QED) is 0.906. The summed E-state index contributed by atoms with van der Waals surface area (Å²) in [5, 5.41) is 12.9. The summed E-state index contributed by atoms with van der Waals surface area (Å²) in [6.45, 7) is 0. The van der Waals surface area contributed by atoms with Gasteiger partial charge in [-0.3, -0.25) is 9.78 Å². The molecule has 3 rings (SSSR count). The zero-order valence-electron chi connectivity index (χ0n) is 11.5. The van der Waals surface area contributed by atoms with Crippen molar-refractivity contribution in [3.8, 4) is 0 Å². The summed E-state index contributed by atoms with van der Waals surface area (Å²) in [7, 11) is 0. The van der Waals surface area contributed by atoms with Crippen LogP contribution in [0.1, 0.15) is 36.0 Å². The van der Waals surface area contributed by atoms with Crippen molar-refractivity contribution in [2.75, 3.05) is 0 Å². The third-order valence-electron chi connectivity index (χ3n) is 4.11. The summed E-state index contributed by atoms with van der Waals surface area (Å²) in [4.78, 5) is 28.3. The molecule has 1 amide bonds. The SMILES string of the molecule is O=C(NC1(C(=O)O)CCCC1)c1cccc2ncccc12. The molecule has 0 saturated heterocycles. The Morgan fingerprint density at radius 2 is 1.90 bits per heavy atom. The highest BCUT2D eigenvalue weighted by Crippen LogP contribution is 2.30. The number of carboxylic acids is 1. The van der Waals surface area contributed by atoms with E-state index < -0.39 is 11.5 Å². The highest BCUT2D eigenvalue weighted by Gasteiger charge is 2.42. The number of carbonyl (C=O) groups is 2. The molecule has 2 aromatic rings. The Morgan fingerprint density at radius 3 is 2.62 bits per heavy atom. The van der Waals surface area contributed by atoms with E-state index in [0.717, 1.165) is 23.7 Å². The minimum Gasteiger partial charge on any atom is -0.480 e.